The Morgan fingerprint density at radius 1 is 0.683 bits per heavy atom. The summed E-state index contributed by atoms with van der Waals surface area (Å²) >= 11 is 0. The normalized spacial score (nSPS) is 11.9. The number of phenols is 6. The van der Waals surface area contributed by atoms with Gasteiger partial charge in [-0.25, -0.2) is 0 Å². The Balaban J connectivity index is 0.000000191. The number of rotatable bonds is 2. The fraction of sp³-hybridized carbons (Fsp3) is 0.194. The van der Waals surface area contributed by atoms with Gasteiger partial charge in [-0.15, -0.1) is 0 Å². The first-order chi connectivity index (χ1) is 19.1. The molecule has 1 aromatic heterocycles. The van der Waals surface area contributed by atoms with Crippen molar-refractivity contribution in [2.45, 2.75) is 41.0 Å². The zero-order valence-electron chi connectivity index (χ0n) is 22.9. The number of hydrogen-bond acceptors (Lipinski definition) is 10. The average molecular weight is 561 g/mol. The van der Waals surface area contributed by atoms with E-state index in [0.717, 1.165) is 17.7 Å². The quantitative estimate of drug-likeness (QED) is 0.128. The molecule has 0 atom stereocenters. The minimum Gasteiger partial charge on any atom is -0.507 e. The molecule has 10 heteroatoms. The van der Waals surface area contributed by atoms with Crippen LogP contribution in [0.3, 0.4) is 0 Å². The second kappa shape index (κ2) is 10.4. The third-order valence-corrected chi connectivity index (χ3v) is 6.76. The molecule has 1 aliphatic rings. The molecule has 0 amide bonds. The molecule has 0 radical (unpaired) electrons. The number of carbonyl (C=O) groups excluding carboxylic acids is 2. The maximum absolute atomic E-state index is 12.6. The molecule has 0 spiro atoms. The molecule has 0 unspecified atom stereocenters. The van der Waals surface area contributed by atoms with E-state index < -0.39 is 34.6 Å². The van der Waals surface area contributed by atoms with Crippen LogP contribution in [0.5, 0.6) is 34.5 Å². The molecule has 4 aromatic rings. The summed E-state index contributed by atoms with van der Waals surface area (Å²) in [5.41, 5.74) is 0.243. The van der Waals surface area contributed by atoms with Crippen LogP contribution in [0.1, 0.15) is 68.1 Å². The lowest BCUT2D eigenvalue weighted by Gasteiger charge is -2.22. The van der Waals surface area contributed by atoms with Crippen LogP contribution in [-0.4, -0.2) is 42.2 Å². The maximum Gasteiger partial charge on any atom is 0.202 e. The summed E-state index contributed by atoms with van der Waals surface area (Å²) in [6.45, 7) is 8.43. The van der Waals surface area contributed by atoms with Crippen LogP contribution >= 0.6 is 0 Å². The van der Waals surface area contributed by atoms with Crippen LogP contribution in [0.25, 0.3) is 11.0 Å². The molecule has 0 bridgehead atoms. The van der Waals surface area contributed by atoms with E-state index in [-0.39, 0.29) is 61.3 Å². The second-order valence-electron chi connectivity index (χ2n) is 10.1. The first-order valence-corrected chi connectivity index (χ1v) is 12.5. The lowest BCUT2D eigenvalue weighted by Crippen LogP contribution is -2.22. The Kier molecular flexibility index (Phi) is 7.28. The fourth-order valence-corrected chi connectivity index (χ4v) is 4.69. The predicted molar refractivity (Wildman–Crippen MR) is 150 cm³/mol. The predicted octanol–water partition coefficient (Wildman–Crippen LogP) is 4.92. The first-order valence-electron chi connectivity index (χ1n) is 12.5. The van der Waals surface area contributed by atoms with Crippen molar-refractivity contribution in [2.24, 2.45) is 0 Å². The van der Waals surface area contributed by atoms with E-state index in [9.17, 15) is 45.0 Å². The smallest absolute Gasteiger partial charge is 0.202 e. The molecule has 0 saturated carbocycles. The van der Waals surface area contributed by atoms with Crippen molar-refractivity contribution in [3.05, 3.63) is 90.8 Å². The standard InChI is InChI=1S/C16H12O6.C15H16O4/c1-5-3-7(17)9-11(13(5)19)15(21)10-8(18)4-6(2)14(20)12(10)16(9)22;1-8(2)4-5-10-11(16)7-13-14(15(10)18)12(17)6-9(3)19-13/h3-4,17-20H,1-2H3;4,6-7,16,18H,5H2,1-3H3. The summed E-state index contributed by atoms with van der Waals surface area (Å²) in [6.07, 6.45) is 2.24. The summed E-state index contributed by atoms with van der Waals surface area (Å²) in [6, 6.07) is 5.02. The van der Waals surface area contributed by atoms with Gasteiger partial charge in [-0.2, -0.15) is 0 Å². The summed E-state index contributed by atoms with van der Waals surface area (Å²) in [5, 5.41) is 60.3. The number of allylic oxidation sites excluding steroid dienone is 2. The van der Waals surface area contributed by atoms with E-state index in [1.165, 1.54) is 26.0 Å². The van der Waals surface area contributed by atoms with Gasteiger partial charge in [-0.3, -0.25) is 14.4 Å². The molecule has 1 heterocycles. The van der Waals surface area contributed by atoms with Crippen LogP contribution < -0.4 is 5.43 Å². The third-order valence-electron chi connectivity index (χ3n) is 6.76. The number of fused-ring (bicyclic) bond motifs is 3. The summed E-state index contributed by atoms with van der Waals surface area (Å²) < 4.78 is 5.35. The van der Waals surface area contributed by atoms with Gasteiger partial charge in [0.05, 0.1) is 22.3 Å². The van der Waals surface area contributed by atoms with Gasteiger partial charge in [0, 0.05) is 17.7 Å². The number of phenolic OH excluding ortho intramolecular Hbond substituents is 6. The minimum atomic E-state index is -0.825. The highest BCUT2D eigenvalue weighted by molar-refractivity contribution is 6.32. The van der Waals surface area contributed by atoms with Crippen LogP contribution in [0, 0.1) is 20.8 Å². The van der Waals surface area contributed by atoms with Gasteiger partial charge in [0.15, 0.2) is 5.43 Å². The van der Waals surface area contributed by atoms with E-state index >= 15 is 0 Å². The molecule has 10 nitrogen and oxygen atoms in total. The van der Waals surface area contributed by atoms with Crippen LogP contribution in [0.4, 0.5) is 0 Å². The highest BCUT2D eigenvalue weighted by Gasteiger charge is 2.39. The third kappa shape index (κ3) is 4.84. The van der Waals surface area contributed by atoms with E-state index in [1.54, 1.807) is 6.92 Å². The molecule has 0 saturated heterocycles. The SMILES string of the molecule is CC(C)=CCc1c(O)cc2oc(C)cc(=O)c2c1O.Cc1cc(O)c2c(c1O)C(=O)c1c(O)cc(C)c(O)c1C2=O. The number of hydrogen-bond donors (Lipinski definition) is 6. The van der Waals surface area contributed by atoms with Crippen molar-refractivity contribution in [1.82, 2.24) is 0 Å². The fourth-order valence-electron chi connectivity index (χ4n) is 4.69. The zero-order valence-corrected chi connectivity index (χ0v) is 22.9. The first kappa shape index (κ1) is 28.8. The molecular formula is C31H28O10. The Bertz CT molecular complexity index is 1800. The molecule has 41 heavy (non-hydrogen) atoms. The van der Waals surface area contributed by atoms with E-state index in [2.05, 4.69) is 0 Å². The van der Waals surface area contributed by atoms with Gasteiger partial charge in [-0.05, 0) is 64.3 Å². The van der Waals surface area contributed by atoms with Crippen molar-refractivity contribution in [3.8, 4) is 34.5 Å². The van der Waals surface area contributed by atoms with Crippen molar-refractivity contribution < 1.29 is 44.6 Å². The number of aromatic hydroxyl groups is 6. The van der Waals surface area contributed by atoms with Gasteiger partial charge < -0.3 is 35.1 Å². The summed E-state index contributed by atoms with van der Waals surface area (Å²) in [4.78, 5) is 37.0. The van der Waals surface area contributed by atoms with Crippen molar-refractivity contribution >= 4 is 22.5 Å². The molecule has 3 aromatic carbocycles. The summed E-state index contributed by atoms with van der Waals surface area (Å²) in [5.74, 6) is -3.29. The van der Waals surface area contributed by atoms with Gasteiger partial charge >= 0.3 is 0 Å². The monoisotopic (exact) mass is 560 g/mol. The van der Waals surface area contributed by atoms with Crippen LogP contribution in [-0.2, 0) is 6.42 Å². The van der Waals surface area contributed by atoms with Crippen molar-refractivity contribution in [1.29, 1.82) is 0 Å². The average Bonchev–Trinajstić information content (AvgIpc) is 2.86. The molecule has 6 N–H and O–H groups in total. The molecule has 212 valence electrons. The lowest BCUT2D eigenvalue weighted by atomic mass is 9.80. The molecule has 0 aliphatic heterocycles. The number of ketones is 2. The zero-order chi connectivity index (χ0) is 30.5. The largest absolute Gasteiger partial charge is 0.507 e. The Hall–Kier alpha value is -5.25. The van der Waals surface area contributed by atoms with Gasteiger partial charge in [0.1, 0.15) is 51.2 Å². The van der Waals surface area contributed by atoms with Gasteiger partial charge in [0.2, 0.25) is 11.6 Å². The Morgan fingerprint density at radius 2 is 1.17 bits per heavy atom. The highest BCUT2D eigenvalue weighted by Crippen LogP contribution is 2.45. The van der Waals surface area contributed by atoms with Gasteiger partial charge in [0.25, 0.3) is 0 Å². The van der Waals surface area contributed by atoms with Crippen molar-refractivity contribution in [3.63, 3.8) is 0 Å². The number of carbonyl (C=O) groups is 2. The van der Waals surface area contributed by atoms with Gasteiger partial charge in [-0.1, -0.05) is 11.6 Å². The minimum absolute atomic E-state index is 0.0729. The maximum atomic E-state index is 12.6. The van der Waals surface area contributed by atoms with E-state index in [4.69, 9.17) is 4.42 Å². The number of benzene rings is 3. The van der Waals surface area contributed by atoms with E-state index in [0.29, 0.717) is 17.7 Å². The molecule has 5 rings (SSSR count). The van der Waals surface area contributed by atoms with Crippen LogP contribution in [0.2, 0.25) is 0 Å². The second-order valence-corrected chi connectivity index (χ2v) is 10.1. The van der Waals surface area contributed by atoms with Crippen molar-refractivity contribution in [2.75, 3.05) is 0 Å². The highest BCUT2D eigenvalue weighted by atomic mass is 16.3. The van der Waals surface area contributed by atoms with E-state index in [1.807, 2.05) is 19.9 Å². The molecule has 0 fully saturated rings. The Morgan fingerprint density at radius 3 is 1.63 bits per heavy atom. The molecule has 1 aliphatic carbocycles. The lowest BCUT2D eigenvalue weighted by molar-refractivity contribution is 0.0969. The summed E-state index contributed by atoms with van der Waals surface area (Å²) in [7, 11) is 0. The van der Waals surface area contributed by atoms with Crippen LogP contribution in [0.15, 0.2) is 45.1 Å². The topological polar surface area (TPSA) is 186 Å². The number of aryl methyl sites for hydroxylation is 3. The molecular weight excluding hydrogens is 532 g/mol. The Labute approximate surface area is 233 Å².